The van der Waals surface area contributed by atoms with E-state index in [9.17, 15) is 0 Å². The zero-order chi connectivity index (χ0) is 9.68. The van der Waals surface area contributed by atoms with Crippen molar-refractivity contribution in [3.05, 3.63) is 24.2 Å². The first kappa shape index (κ1) is 9.82. The van der Waals surface area contributed by atoms with Gasteiger partial charge >= 0.3 is 0 Å². The molecule has 1 aromatic rings. The summed E-state index contributed by atoms with van der Waals surface area (Å²) in [6, 6.07) is 6.00. The van der Waals surface area contributed by atoms with Crippen molar-refractivity contribution >= 4 is 0 Å². The number of nitriles is 1. The van der Waals surface area contributed by atoms with E-state index in [0.29, 0.717) is 6.54 Å². The lowest BCUT2D eigenvalue weighted by Gasteiger charge is -2.19. The van der Waals surface area contributed by atoms with Gasteiger partial charge in [0.25, 0.3) is 0 Å². The molecule has 0 radical (unpaired) electrons. The number of furan rings is 1. The molecule has 0 aliphatic rings. The maximum atomic E-state index is 8.80. The van der Waals surface area contributed by atoms with Crippen molar-refractivity contribution in [1.82, 2.24) is 4.90 Å². The van der Waals surface area contributed by atoms with Gasteiger partial charge in [-0.15, -0.1) is 0 Å². The van der Waals surface area contributed by atoms with Crippen LogP contribution in [0.25, 0.3) is 0 Å². The highest BCUT2D eigenvalue weighted by Gasteiger charge is 2.12. The molecule has 3 heteroatoms. The molecule has 1 aromatic heterocycles. The summed E-state index contributed by atoms with van der Waals surface area (Å²) in [7, 11) is 1.93. The Hall–Kier alpha value is -1.27. The molecule has 0 bridgehead atoms. The van der Waals surface area contributed by atoms with Crippen molar-refractivity contribution in [2.45, 2.75) is 25.9 Å². The van der Waals surface area contributed by atoms with Crippen LogP contribution in [-0.4, -0.2) is 18.0 Å². The van der Waals surface area contributed by atoms with Crippen LogP contribution in [0.15, 0.2) is 22.8 Å². The topological polar surface area (TPSA) is 40.2 Å². The van der Waals surface area contributed by atoms with Gasteiger partial charge in [0.05, 0.1) is 24.9 Å². The Morgan fingerprint density at radius 3 is 2.92 bits per heavy atom. The van der Waals surface area contributed by atoms with E-state index in [1.54, 1.807) is 6.26 Å². The summed E-state index contributed by atoms with van der Waals surface area (Å²) in [5, 5.41) is 8.80. The predicted octanol–water partition coefficient (Wildman–Crippen LogP) is 2.01. The van der Waals surface area contributed by atoms with Crippen molar-refractivity contribution in [2.75, 3.05) is 7.05 Å². The molecule has 0 fully saturated rings. The molecule has 3 nitrogen and oxygen atoms in total. The minimum absolute atomic E-state index is 0.0231. The molecule has 0 saturated carbocycles. The molecular weight excluding hydrogens is 164 g/mol. The second kappa shape index (κ2) is 4.68. The highest BCUT2D eigenvalue weighted by atomic mass is 16.3. The maximum Gasteiger partial charge on any atom is 0.117 e. The molecular formula is C10H14N2O. The lowest BCUT2D eigenvalue weighted by Crippen LogP contribution is -2.28. The second-order valence-electron chi connectivity index (χ2n) is 3.05. The Bertz CT molecular complexity index is 274. The molecule has 13 heavy (non-hydrogen) atoms. The number of nitrogens with zero attached hydrogens (tertiary/aromatic N) is 2. The van der Waals surface area contributed by atoms with Crippen LogP contribution in [0, 0.1) is 11.3 Å². The molecule has 1 rings (SSSR count). The van der Waals surface area contributed by atoms with E-state index >= 15 is 0 Å². The van der Waals surface area contributed by atoms with Crippen LogP contribution in [-0.2, 0) is 6.54 Å². The summed E-state index contributed by atoms with van der Waals surface area (Å²) in [6.45, 7) is 2.70. The molecule has 1 heterocycles. The van der Waals surface area contributed by atoms with Crippen molar-refractivity contribution in [1.29, 1.82) is 5.26 Å². The molecule has 70 valence electrons. The molecule has 0 saturated heterocycles. The third kappa shape index (κ3) is 2.60. The lowest BCUT2D eigenvalue weighted by molar-refractivity contribution is 0.251. The van der Waals surface area contributed by atoms with Crippen LogP contribution in [0.1, 0.15) is 19.1 Å². The molecule has 0 N–H and O–H groups in total. The van der Waals surface area contributed by atoms with Crippen LogP contribution < -0.4 is 0 Å². The molecule has 1 atom stereocenters. The Morgan fingerprint density at radius 1 is 1.69 bits per heavy atom. The predicted molar refractivity (Wildman–Crippen MR) is 49.9 cm³/mol. The SMILES string of the molecule is CCC(C#N)N(C)Cc1ccco1. The van der Waals surface area contributed by atoms with E-state index in [0.717, 1.165) is 12.2 Å². The molecule has 0 spiro atoms. The average Bonchev–Trinajstić information content (AvgIpc) is 2.59. The monoisotopic (exact) mass is 178 g/mol. The van der Waals surface area contributed by atoms with Crippen molar-refractivity contribution < 1.29 is 4.42 Å². The number of rotatable bonds is 4. The standard InChI is InChI=1S/C10H14N2O/c1-3-9(7-11)12(2)8-10-5-4-6-13-10/h4-6,9H,3,8H2,1-2H3. The van der Waals surface area contributed by atoms with Crippen molar-refractivity contribution in [3.8, 4) is 6.07 Å². The summed E-state index contributed by atoms with van der Waals surface area (Å²) >= 11 is 0. The van der Waals surface area contributed by atoms with Crippen LogP contribution in [0.4, 0.5) is 0 Å². The van der Waals surface area contributed by atoms with Crippen LogP contribution in [0.5, 0.6) is 0 Å². The highest BCUT2D eigenvalue weighted by molar-refractivity contribution is 5.00. The van der Waals surface area contributed by atoms with Gasteiger partial charge in [-0.3, -0.25) is 4.90 Å². The van der Waals surface area contributed by atoms with Crippen molar-refractivity contribution in [2.24, 2.45) is 0 Å². The summed E-state index contributed by atoms with van der Waals surface area (Å²) < 4.78 is 5.19. The van der Waals surface area contributed by atoms with Gasteiger partial charge in [0.1, 0.15) is 5.76 Å². The molecule has 0 aliphatic carbocycles. The van der Waals surface area contributed by atoms with Crippen LogP contribution in [0.2, 0.25) is 0 Å². The first-order valence-corrected chi connectivity index (χ1v) is 4.40. The van der Waals surface area contributed by atoms with Gasteiger partial charge in [-0.25, -0.2) is 0 Å². The van der Waals surface area contributed by atoms with Gasteiger partial charge in [0.15, 0.2) is 0 Å². The van der Waals surface area contributed by atoms with Crippen LogP contribution in [0.3, 0.4) is 0 Å². The Balaban J connectivity index is 2.50. The zero-order valence-corrected chi connectivity index (χ0v) is 8.03. The number of hydrogen-bond donors (Lipinski definition) is 0. The van der Waals surface area contributed by atoms with Gasteiger partial charge in [0.2, 0.25) is 0 Å². The quantitative estimate of drug-likeness (QED) is 0.708. The summed E-state index contributed by atoms with van der Waals surface area (Å²) in [4.78, 5) is 1.98. The minimum Gasteiger partial charge on any atom is -0.468 e. The first-order chi connectivity index (χ1) is 6.27. The second-order valence-corrected chi connectivity index (χ2v) is 3.05. The Morgan fingerprint density at radius 2 is 2.46 bits per heavy atom. The summed E-state index contributed by atoms with van der Waals surface area (Å²) in [6.07, 6.45) is 2.49. The van der Waals surface area contributed by atoms with Gasteiger partial charge in [-0.05, 0) is 25.6 Å². The summed E-state index contributed by atoms with van der Waals surface area (Å²) in [5.41, 5.74) is 0. The smallest absolute Gasteiger partial charge is 0.117 e. The molecule has 0 aliphatic heterocycles. The fourth-order valence-corrected chi connectivity index (χ4v) is 1.26. The van der Waals surface area contributed by atoms with E-state index in [-0.39, 0.29) is 6.04 Å². The maximum absolute atomic E-state index is 8.80. The molecule has 0 aromatic carbocycles. The molecule has 1 unspecified atom stereocenters. The fraction of sp³-hybridized carbons (Fsp3) is 0.500. The van der Waals surface area contributed by atoms with Gasteiger partial charge in [-0.1, -0.05) is 6.92 Å². The summed E-state index contributed by atoms with van der Waals surface area (Å²) in [5.74, 6) is 0.899. The van der Waals surface area contributed by atoms with E-state index in [2.05, 4.69) is 6.07 Å². The highest BCUT2D eigenvalue weighted by Crippen LogP contribution is 2.08. The first-order valence-electron chi connectivity index (χ1n) is 4.40. The minimum atomic E-state index is -0.0231. The normalized spacial score (nSPS) is 12.8. The lowest BCUT2D eigenvalue weighted by atomic mass is 10.2. The van der Waals surface area contributed by atoms with Crippen molar-refractivity contribution in [3.63, 3.8) is 0 Å². The van der Waals surface area contributed by atoms with Crippen LogP contribution >= 0.6 is 0 Å². The third-order valence-electron chi connectivity index (χ3n) is 2.05. The third-order valence-corrected chi connectivity index (χ3v) is 2.05. The Kier molecular flexibility index (Phi) is 3.53. The number of hydrogen-bond acceptors (Lipinski definition) is 3. The zero-order valence-electron chi connectivity index (χ0n) is 8.03. The largest absolute Gasteiger partial charge is 0.468 e. The van der Waals surface area contributed by atoms with E-state index in [1.165, 1.54) is 0 Å². The molecule has 0 amide bonds. The van der Waals surface area contributed by atoms with Gasteiger partial charge < -0.3 is 4.42 Å². The van der Waals surface area contributed by atoms with Gasteiger partial charge in [0, 0.05) is 0 Å². The van der Waals surface area contributed by atoms with E-state index in [1.807, 2.05) is 31.0 Å². The van der Waals surface area contributed by atoms with E-state index in [4.69, 9.17) is 9.68 Å². The average molecular weight is 178 g/mol. The van der Waals surface area contributed by atoms with E-state index < -0.39 is 0 Å². The Labute approximate surface area is 78.6 Å². The fourth-order valence-electron chi connectivity index (χ4n) is 1.26. The van der Waals surface area contributed by atoms with Gasteiger partial charge in [-0.2, -0.15) is 5.26 Å².